The van der Waals surface area contributed by atoms with Crippen molar-refractivity contribution in [1.29, 1.82) is 0 Å². The Bertz CT molecular complexity index is 423. The van der Waals surface area contributed by atoms with Gasteiger partial charge in [-0.1, -0.05) is 6.07 Å². The maximum atomic E-state index is 6.13. The van der Waals surface area contributed by atoms with Crippen LogP contribution in [0.15, 0.2) is 28.6 Å². The van der Waals surface area contributed by atoms with Crippen LogP contribution in [0.4, 0.5) is 0 Å². The molecular formula is C13H18BrN3. The van der Waals surface area contributed by atoms with E-state index in [0.29, 0.717) is 6.04 Å². The molecule has 0 aromatic carbocycles. The van der Waals surface area contributed by atoms with Crippen LogP contribution < -0.4 is 5.73 Å². The van der Waals surface area contributed by atoms with Crippen LogP contribution in [-0.4, -0.2) is 30.0 Å². The largest absolute Gasteiger partial charge is 0.402 e. The number of hydrogen-bond acceptors (Lipinski definition) is 3. The van der Waals surface area contributed by atoms with Crippen molar-refractivity contribution in [2.75, 3.05) is 14.1 Å². The van der Waals surface area contributed by atoms with Crippen LogP contribution in [0.2, 0.25) is 0 Å². The molecule has 0 spiro atoms. The average molecular weight is 296 g/mol. The highest BCUT2D eigenvalue weighted by atomic mass is 79.9. The second-order valence-electron chi connectivity index (χ2n) is 4.73. The first-order valence-electron chi connectivity index (χ1n) is 5.84. The van der Waals surface area contributed by atoms with Crippen molar-refractivity contribution in [3.05, 3.63) is 34.2 Å². The first-order valence-corrected chi connectivity index (χ1v) is 6.63. The fourth-order valence-electron chi connectivity index (χ4n) is 2.24. The van der Waals surface area contributed by atoms with Crippen molar-refractivity contribution in [3.63, 3.8) is 0 Å². The molecule has 1 aliphatic carbocycles. The van der Waals surface area contributed by atoms with E-state index in [1.807, 2.05) is 12.3 Å². The molecule has 0 radical (unpaired) electrons. The van der Waals surface area contributed by atoms with Gasteiger partial charge in [-0.05, 0) is 66.5 Å². The standard InChI is InChI=1S/C13H18BrN3/c1-17(2)10-4-5-12(15)11(7-10)9-3-6-13(14)16-8-9/h3,6,8,10H,4-5,7,15H2,1-2H3. The van der Waals surface area contributed by atoms with E-state index >= 15 is 0 Å². The Hall–Kier alpha value is -0.870. The van der Waals surface area contributed by atoms with Gasteiger partial charge in [0.05, 0.1) is 0 Å². The molecule has 1 aromatic rings. The molecule has 2 rings (SSSR count). The molecule has 0 aliphatic heterocycles. The van der Waals surface area contributed by atoms with Crippen LogP contribution in [0.25, 0.3) is 5.57 Å². The highest BCUT2D eigenvalue weighted by Crippen LogP contribution is 2.31. The fourth-order valence-corrected chi connectivity index (χ4v) is 2.47. The molecule has 1 unspecified atom stereocenters. The molecule has 1 aromatic heterocycles. The van der Waals surface area contributed by atoms with Gasteiger partial charge in [0.1, 0.15) is 4.60 Å². The molecule has 2 N–H and O–H groups in total. The van der Waals surface area contributed by atoms with Gasteiger partial charge in [-0.3, -0.25) is 0 Å². The monoisotopic (exact) mass is 295 g/mol. The summed E-state index contributed by atoms with van der Waals surface area (Å²) in [6.45, 7) is 0. The molecule has 3 nitrogen and oxygen atoms in total. The summed E-state index contributed by atoms with van der Waals surface area (Å²) in [7, 11) is 4.26. The quantitative estimate of drug-likeness (QED) is 0.853. The van der Waals surface area contributed by atoms with Gasteiger partial charge < -0.3 is 10.6 Å². The second kappa shape index (κ2) is 5.19. The van der Waals surface area contributed by atoms with E-state index in [9.17, 15) is 0 Å². The molecule has 0 saturated carbocycles. The van der Waals surface area contributed by atoms with Gasteiger partial charge in [-0.15, -0.1) is 0 Å². The van der Waals surface area contributed by atoms with Gasteiger partial charge >= 0.3 is 0 Å². The number of nitrogens with zero attached hydrogens (tertiary/aromatic N) is 2. The zero-order valence-corrected chi connectivity index (χ0v) is 11.9. The highest BCUT2D eigenvalue weighted by Gasteiger charge is 2.22. The van der Waals surface area contributed by atoms with Gasteiger partial charge in [0.2, 0.25) is 0 Å². The first kappa shape index (κ1) is 12.6. The maximum Gasteiger partial charge on any atom is 0.106 e. The summed E-state index contributed by atoms with van der Waals surface area (Å²) in [4.78, 5) is 6.55. The lowest BCUT2D eigenvalue weighted by Gasteiger charge is -2.30. The van der Waals surface area contributed by atoms with Gasteiger partial charge in [0, 0.05) is 17.9 Å². The van der Waals surface area contributed by atoms with Crippen LogP contribution in [0, 0.1) is 0 Å². The van der Waals surface area contributed by atoms with Crippen LogP contribution in [0.3, 0.4) is 0 Å². The van der Waals surface area contributed by atoms with Crippen molar-refractivity contribution in [3.8, 4) is 0 Å². The van der Waals surface area contributed by atoms with Crippen LogP contribution in [-0.2, 0) is 0 Å². The second-order valence-corrected chi connectivity index (χ2v) is 5.55. The molecule has 0 bridgehead atoms. The predicted octanol–water partition coefficient (Wildman–Crippen LogP) is 2.63. The highest BCUT2D eigenvalue weighted by molar-refractivity contribution is 9.10. The lowest BCUT2D eigenvalue weighted by atomic mass is 9.88. The minimum atomic E-state index is 0.584. The van der Waals surface area contributed by atoms with Crippen LogP contribution in [0.1, 0.15) is 24.8 Å². The molecule has 1 atom stereocenters. The van der Waals surface area contributed by atoms with E-state index in [1.165, 1.54) is 5.57 Å². The molecule has 1 aliphatic rings. The minimum absolute atomic E-state index is 0.584. The molecular weight excluding hydrogens is 278 g/mol. The third-order valence-electron chi connectivity index (χ3n) is 3.38. The van der Waals surface area contributed by atoms with E-state index in [-0.39, 0.29) is 0 Å². The van der Waals surface area contributed by atoms with E-state index in [2.05, 4.69) is 46.0 Å². The maximum absolute atomic E-state index is 6.13. The molecule has 0 fully saturated rings. The van der Waals surface area contributed by atoms with E-state index in [1.54, 1.807) is 0 Å². The fraction of sp³-hybridized carbons (Fsp3) is 0.462. The molecule has 1 heterocycles. The summed E-state index contributed by atoms with van der Waals surface area (Å²) in [6.07, 6.45) is 5.03. The molecule has 0 amide bonds. The number of rotatable bonds is 2. The summed E-state index contributed by atoms with van der Waals surface area (Å²) in [5.41, 5.74) is 9.56. The van der Waals surface area contributed by atoms with Crippen molar-refractivity contribution in [2.24, 2.45) is 5.73 Å². The smallest absolute Gasteiger partial charge is 0.106 e. The summed E-state index contributed by atoms with van der Waals surface area (Å²) in [5.74, 6) is 0. The summed E-state index contributed by atoms with van der Waals surface area (Å²) < 4.78 is 0.861. The Morgan fingerprint density at radius 3 is 2.76 bits per heavy atom. The number of allylic oxidation sites excluding steroid dienone is 1. The Labute approximate surface area is 111 Å². The van der Waals surface area contributed by atoms with E-state index in [0.717, 1.165) is 35.1 Å². The zero-order valence-electron chi connectivity index (χ0n) is 10.3. The average Bonchev–Trinajstić information content (AvgIpc) is 2.31. The minimum Gasteiger partial charge on any atom is -0.402 e. The number of hydrogen-bond donors (Lipinski definition) is 1. The molecule has 0 saturated heterocycles. The van der Waals surface area contributed by atoms with Crippen LogP contribution in [0.5, 0.6) is 0 Å². The molecule has 4 heteroatoms. The Morgan fingerprint density at radius 1 is 1.41 bits per heavy atom. The Balaban J connectivity index is 2.26. The van der Waals surface area contributed by atoms with Crippen molar-refractivity contribution < 1.29 is 0 Å². The van der Waals surface area contributed by atoms with Gasteiger partial charge in [0.15, 0.2) is 0 Å². The third-order valence-corrected chi connectivity index (χ3v) is 3.85. The van der Waals surface area contributed by atoms with Crippen LogP contribution >= 0.6 is 15.9 Å². The Kier molecular flexibility index (Phi) is 3.84. The Morgan fingerprint density at radius 2 is 2.18 bits per heavy atom. The third kappa shape index (κ3) is 2.87. The van der Waals surface area contributed by atoms with Gasteiger partial charge in [0.25, 0.3) is 0 Å². The van der Waals surface area contributed by atoms with Gasteiger partial charge in [-0.25, -0.2) is 4.98 Å². The predicted molar refractivity (Wildman–Crippen MR) is 74.4 cm³/mol. The summed E-state index contributed by atoms with van der Waals surface area (Å²) in [5, 5.41) is 0. The summed E-state index contributed by atoms with van der Waals surface area (Å²) >= 11 is 3.35. The number of aromatic nitrogens is 1. The number of pyridine rings is 1. The lowest BCUT2D eigenvalue weighted by Crippen LogP contribution is -2.31. The van der Waals surface area contributed by atoms with Crippen molar-refractivity contribution >= 4 is 21.5 Å². The van der Waals surface area contributed by atoms with Gasteiger partial charge in [-0.2, -0.15) is 0 Å². The number of nitrogens with two attached hydrogens (primary N) is 1. The first-order chi connectivity index (χ1) is 8.08. The summed E-state index contributed by atoms with van der Waals surface area (Å²) in [6, 6.07) is 4.63. The SMILES string of the molecule is CN(C)C1CCC(N)=C(c2ccc(Br)nc2)C1. The molecule has 92 valence electrons. The zero-order chi connectivity index (χ0) is 12.4. The van der Waals surface area contributed by atoms with E-state index < -0.39 is 0 Å². The normalized spacial score (nSPS) is 21.1. The number of halogens is 1. The van der Waals surface area contributed by atoms with E-state index in [4.69, 9.17) is 5.73 Å². The topological polar surface area (TPSA) is 42.1 Å². The van der Waals surface area contributed by atoms with Crippen molar-refractivity contribution in [1.82, 2.24) is 9.88 Å². The lowest BCUT2D eigenvalue weighted by molar-refractivity contribution is 0.276. The van der Waals surface area contributed by atoms with Crippen molar-refractivity contribution in [2.45, 2.75) is 25.3 Å². The molecule has 17 heavy (non-hydrogen) atoms.